The Balaban J connectivity index is 1.37. The number of halogens is 1. The van der Waals surface area contributed by atoms with E-state index >= 15 is 0 Å². The summed E-state index contributed by atoms with van der Waals surface area (Å²) < 4.78 is 4.79. The van der Waals surface area contributed by atoms with E-state index in [-0.39, 0.29) is 35.8 Å². The SMILES string of the molecule is COC(=O)C1CC(NC(=O)[C@H](CC2CCCC2)NC(=O)c2ccc([C@H](C)Nc3cc(Cl)cnc3C)s2)C1. The topological polar surface area (TPSA) is 109 Å². The van der Waals surface area contributed by atoms with Gasteiger partial charge in [0.25, 0.3) is 5.91 Å². The smallest absolute Gasteiger partial charge is 0.308 e. The molecular weight excluding hydrogens is 512 g/mol. The molecule has 2 aromatic rings. The zero-order valence-electron chi connectivity index (χ0n) is 21.5. The molecule has 0 unspecified atom stereocenters. The molecule has 0 aromatic carbocycles. The van der Waals surface area contributed by atoms with E-state index in [1.165, 1.54) is 18.4 Å². The van der Waals surface area contributed by atoms with Crippen molar-refractivity contribution in [3.05, 3.63) is 44.9 Å². The second-order valence-electron chi connectivity index (χ2n) is 10.2. The van der Waals surface area contributed by atoms with Crippen LogP contribution in [0.4, 0.5) is 5.69 Å². The third kappa shape index (κ3) is 7.02. The highest BCUT2D eigenvalue weighted by Crippen LogP contribution is 2.32. The van der Waals surface area contributed by atoms with Crippen LogP contribution in [0.15, 0.2) is 24.4 Å². The Morgan fingerprint density at radius 2 is 1.95 bits per heavy atom. The Hall–Kier alpha value is -2.65. The van der Waals surface area contributed by atoms with Crippen LogP contribution in [0.25, 0.3) is 0 Å². The Labute approximate surface area is 226 Å². The van der Waals surface area contributed by atoms with Crippen LogP contribution in [0.1, 0.15) is 78.2 Å². The summed E-state index contributed by atoms with van der Waals surface area (Å²) in [6.07, 6.45) is 7.87. The molecule has 0 aliphatic heterocycles. The molecule has 4 rings (SSSR count). The fraction of sp³-hybridized carbons (Fsp3) is 0.556. The minimum absolute atomic E-state index is 0.0514. The molecule has 0 spiro atoms. The number of anilines is 1. The molecule has 200 valence electrons. The van der Waals surface area contributed by atoms with E-state index in [1.807, 2.05) is 26.0 Å². The van der Waals surface area contributed by atoms with E-state index in [4.69, 9.17) is 16.3 Å². The van der Waals surface area contributed by atoms with E-state index in [0.717, 1.165) is 41.9 Å². The number of methoxy groups -OCH3 is 1. The average Bonchev–Trinajstić information content (AvgIpc) is 3.55. The van der Waals surface area contributed by atoms with Crippen LogP contribution < -0.4 is 16.0 Å². The van der Waals surface area contributed by atoms with Gasteiger partial charge in [-0.05, 0) is 57.2 Å². The highest BCUT2D eigenvalue weighted by Gasteiger charge is 2.38. The zero-order valence-corrected chi connectivity index (χ0v) is 23.1. The predicted octanol–water partition coefficient (Wildman–Crippen LogP) is 5.02. The highest BCUT2D eigenvalue weighted by molar-refractivity contribution is 7.14. The van der Waals surface area contributed by atoms with Gasteiger partial charge in [-0.1, -0.05) is 37.3 Å². The Kier molecular flexibility index (Phi) is 9.08. The summed E-state index contributed by atoms with van der Waals surface area (Å²) in [5.74, 6) is -0.393. The lowest BCUT2D eigenvalue weighted by molar-refractivity contribution is -0.150. The molecule has 10 heteroatoms. The fourth-order valence-corrected chi connectivity index (χ4v) is 6.17. The molecule has 2 saturated carbocycles. The summed E-state index contributed by atoms with van der Waals surface area (Å²) in [4.78, 5) is 43.8. The van der Waals surface area contributed by atoms with Crippen LogP contribution in [-0.4, -0.2) is 42.0 Å². The molecule has 3 N–H and O–H groups in total. The van der Waals surface area contributed by atoms with Crippen molar-refractivity contribution < 1.29 is 19.1 Å². The number of nitrogens with zero attached hydrogens (tertiary/aromatic N) is 1. The average molecular weight is 547 g/mol. The van der Waals surface area contributed by atoms with Gasteiger partial charge in [0.05, 0.1) is 40.4 Å². The van der Waals surface area contributed by atoms with Gasteiger partial charge in [0.2, 0.25) is 5.91 Å². The van der Waals surface area contributed by atoms with Gasteiger partial charge in [-0.25, -0.2) is 0 Å². The first-order valence-electron chi connectivity index (χ1n) is 12.9. The molecule has 0 radical (unpaired) electrons. The summed E-state index contributed by atoms with van der Waals surface area (Å²) in [6, 6.07) is 4.85. The molecule has 37 heavy (non-hydrogen) atoms. The molecular formula is C27H35ClN4O4S. The lowest BCUT2D eigenvalue weighted by Crippen LogP contribution is -2.54. The molecule has 2 aliphatic rings. The Morgan fingerprint density at radius 3 is 2.65 bits per heavy atom. The van der Waals surface area contributed by atoms with Gasteiger partial charge in [0.15, 0.2) is 0 Å². The number of amides is 2. The molecule has 2 aromatic heterocycles. The quantitative estimate of drug-likeness (QED) is 0.361. The van der Waals surface area contributed by atoms with Gasteiger partial charge in [0, 0.05) is 17.1 Å². The number of carbonyl (C=O) groups is 3. The van der Waals surface area contributed by atoms with Crippen LogP contribution in [0, 0.1) is 18.8 Å². The van der Waals surface area contributed by atoms with Crippen molar-refractivity contribution in [2.75, 3.05) is 12.4 Å². The van der Waals surface area contributed by atoms with Crippen LogP contribution in [0.2, 0.25) is 5.02 Å². The maximum Gasteiger partial charge on any atom is 0.308 e. The van der Waals surface area contributed by atoms with Crippen molar-refractivity contribution in [1.29, 1.82) is 0 Å². The number of aryl methyl sites for hydroxylation is 1. The van der Waals surface area contributed by atoms with E-state index < -0.39 is 6.04 Å². The van der Waals surface area contributed by atoms with E-state index in [1.54, 1.807) is 12.3 Å². The van der Waals surface area contributed by atoms with Crippen LogP contribution in [-0.2, 0) is 14.3 Å². The third-order valence-corrected chi connectivity index (χ3v) is 8.86. The molecule has 2 heterocycles. The first kappa shape index (κ1) is 27.4. The molecule has 0 bridgehead atoms. The summed E-state index contributed by atoms with van der Waals surface area (Å²) >= 11 is 7.49. The number of rotatable bonds is 10. The summed E-state index contributed by atoms with van der Waals surface area (Å²) in [6.45, 7) is 3.93. The first-order chi connectivity index (χ1) is 17.7. The summed E-state index contributed by atoms with van der Waals surface area (Å²) in [5.41, 5.74) is 1.69. The number of aromatic nitrogens is 1. The number of pyridine rings is 1. The highest BCUT2D eigenvalue weighted by atomic mass is 35.5. The van der Waals surface area contributed by atoms with Gasteiger partial charge in [-0.3, -0.25) is 19.4 Å². The van der Waals surface area contributed by atoms with Crippen molar-refractivity contribution in [2.45, 2.75) is 76.9 Å². The van der Waals surface area contributed by atoms with Gasteiger partial charge < -0.3 is 20.7 Å². The minimum atomic E-state index is -0.603. The van der Waals surface area contributed by atoms with Crippen molar-refractivity contribution in [2.24, 2.45) is 11.8 Å². The van der Waals surface area contributed by atoms with Gasteiger partial charge in [-0.15, -0.1) is 11.3 Å². The number of thiophene rings is 1. The summed E-state index contributed by atoms with van der Waals surface area (Å²) in [5, 5.41) is 10.00. The number of carbonyl (C=O) groups excluding carboxylic acids is 3. The molecule has 2 atom stereocenters. The number of hydrogen-bond acceptors (Lipinski definition) is 7. The molecule has 2 amide bonds. The lowest BCUT2D eigenvalue weighted by Gasteiger charge is -2.35. The number of esters is 1. The van der Waals surface area contributed by atoms with Gasteiger partial charge in [0.1, 0.15) is 6.04 Å². The number of ether oxygens (including phenoxy) is 1. The number of nitrogens with one attached hydrogen (secondary N) is 3. The van der Waals surface area contributed by atoms with Crippen LogP contribution >= 0.6 is 22.9 Å². The Morgan fingerprint density at radius 1 is 1.22 bits per heavy atom. The van der Waals surface area contributed by atoms with Gasteiger partial charge >= 0.3 is 5.97 Å². The van der Waals surface area contributed by atoms with Crippen LogP contribution in [0.3, 0.4) is 0 Å². The van der Waals surface area contributed by atoms with Crippen LogP contribution in [0.5, 0.6) is 0 Å². The molecule has 8 nitrogen and oxygen atoms in total. The first-order valence-corrected chi connectivity index (χ1v) is 14.1. The monoisotopic (exact) mass is 546 g/mol. The van der Waals surface area contributed by atoms with Gasteiger partial charge in [-0.2, -0.15) is 0 Å². The predicted molar refractivity (Wildman–Crippen MR) is 145 cm³/mol. The molecule has 2 fully saturated rings. The minimum Gasteiger partial charge on any atom is -0.469 e. The normalized spacial score (nSPS) is 21.0. The zero-order chi connectivity index (χ0) is 26.5. The largest absolute Gasteiger partial charge is 0.469 e. The van der Waals surface area contributed by atoms with E-state index in [2.05, 4.69) is 20.9 Å². The van der Waals surface area contributed by atoms with Crippen molar-refractivity contribution in [3.63, 3.8) is 0 Å². The van der Waals surface area contributed by atoms with E-state index in [0.29, 0.717) is 35.1 Å². The third-order valence-electron chi connectivity index (χ3n) is 7.39. The standard InChI is InChI=1S/C27H35ClN4O4S/c1-15-21(13-19(28)14-29-15)30-16(2)23-8-9-24(37-23)26(34)32-22(10-17-6-4-5-7-17)25(33)31-20-11-18(12-20)27(35)36-3/h8-9,13-14,16-18,20,22,30H,4-7,10-12H2,1-3H3,(H,31,33)(H,32,34)/t16-,18?,20?,22-/m0/s1. The fourth-order valence-electron chi connectivity index (χ4n) is 5.10. The second kappa shape index (κ2) is 12.3. The maximum absolute atomic E-state index is 13.2. The van der Waals surface area contributed by atoms with Crippen molar-refractivity contribution in [3.8, 4) is 0 Å². The second-order valence-corrected chi connectivity index (χ2v) is 11.7. The summed E-state index contributed by atoms with van der Waals surface area (Å²) in [7, 11) is 1.38. The maximum atomic E-state index is 13.2. The molecule has 0 saturated heterocycles. The van der Waals surface area contributed by atoms with E-state index in [9.17, 15) is 14.4 Å². The van der Waals surface area contributed by atoms with Crippen molar-refractivity contribution in [1.82, 2.24) is 15.6 Å². The Bertz CT molecular complexity index is 1130. The lowest BCUT2D eigenvalue weighted by atomic mass is 9.80. The van der Waals surface area contributed by atoms with Crippen molar-refractivity contribution >= 4 is 46.4 Å². The molecule has 2 aliphatic carbocycles. The number of hydrogen-bond donors (Lipinski definition) is 3.